The molecule has 0 aliphatic rings. The average Bonchev–Trinajstić information content (AvgIpc) is 2.59. The fraction of sp³-hybridized carbons (Fsp3) is 0.391. The second kappa shape index (κ2) is 8.85. The van der Waals surface area contributed by atoms with Crippen LogP contribution in [-0.2, 0) is 22.6 Å². The molecule has 0 heterocycles. The highest BCUT2D eigenvalue weighted by Crippen LogP contribution is 2.16. The molecule has 27 heavy (non-hydrogen) atoms. The van der Waals surface area contributed by atoms with Gasteiger partial charge in [-0.25, -0.2) is 0 Å². The number of amides is 2. The number of carbonyl (C=O) groups is 2. The first-order valence-corrected chi connectivity index (χ1v) is 9.37. The Hall–Kier alpha value is -2.62. The Morgan fingerprint density at radius 2 is 1.59 bits per heavy atom. The summed E-state index contributed by atoms with van der Waals surface area (Å²) in [6.45, 7) is 10.0. The quantitative estimate of drug-likeness (QED) is 0.844. The summed E-state index contributed by atoms with van der Waals surface area (Å²) in [6.07, 6.45) is 0.278. The van der Waals surface area contributed by atoms with Crippen molar-refractivity contribution >= 4 is 11.8 Å². The first-order chi connectivity index (χ1) is 12.7. The highest BCUT2D eigenvalue weighted by atomic mass is 16.2. The van der Waals surface area contributed by atoms with Gasteiger partial charge in [-0.15, -0.1) is 0 Å². The molecule has 0 bridgehead atoms. The lowest BCUT2D eigenvalue weighted by molar-refractivity contribution is -0.140. The van der Waals surface area contributed by atoms with Crippen LogP contribution in [0.4, 0.5) is 0 Å². The molecule has 0 spiro atoms. The van der Waals surface area contributed by atoms with Crippen molar-refractivity contribution < 1.29 is 9.59 Å². The molecule has 144 valence electrons. The van der Waals surface area contributed by atoms with E-state index in [9.17, 15) is 9.59 Å². The molecule has 0 radical (unpaired) electrons. The molecular weight excluding hydrogens is 336 g/mol. The second-order valence-corrected chi connectivity index (χ2v) is 8.03. The van der Waals surface area contributed by atoms with Crippen LogP contribution in [0.2, 0.25) is 0 Å². The lowest BCUT2D eigenvalue weighted by Crippen LogP contribution is -2.52. The van der Waals surface area contributed by atoms with Crippen LogP contribution in [0.5, 0.6) is 0 Å². The molecule has 2 rings (SSSR count). The third-order valence-corrected chi connectivity index (χ3v) is 4.47. The highest BCUT2D eigenvalue weighted by molar-refractivity contribution is 5.88. The lowest BCUT2D eigenvalue weighted by atomic mass is 10.0. The van der Waals surface area contributed by atoms with Gasteiger partial charge in [0.2, 0.25) is 11.8 Å². The van der Waals surface area contributed by atoms with Gasteiger partial charge in [-0.1, -0.05) is 54.6 Å². The Balaban J connectivity index is 2.25. The minimum atomic E-state index is -0.556. The first-order valence-electron chi connectivity index (χ1n) is 9.37. The molecule has 0 aromatic heterocycles. The van der Waals surface area contributed by atoms with Crippen LogP contribution in [0.15, 0.2) is 54.6 Å². The number of nitrogens with one attached hydrogen (secondary N) is 1. The average molecular weight is 367 g/mol. The normalized spacial score (nSPS) is 12.3. The van der Waals surface area contributed by atoms with E-state index in [4.69, 9.17) is 0 Å². The van der Waals surface area contributed by atoms with E-state index in [0.29, 0.717) is 6.54 Å². The maximum atomic E-state index is 13.1. The van der Waals surface area contributed by atoms with Crippen molar-refractivity contribution in [1.82, 2.24) is 10.2 Å². The van der Waals surface area contributed by atoms with E-state index in [0.717, 1.165) is 16.7 Å². The van der Waals surface area contributed by atoms with Crippen molar-refractivity contribution in [1.29, 1.82) is 0 Å². The second-order valence-electron chi connectivity index (χ2n) is 8.03. The third kappa shape index (κ3) is 6.24. The third-order valence-electron chi connectivity index (χ3n) is 4.47. The largest absolute Gasteiger partial charge is 0.350 e. The molecular formula is C23H30N2O2. The van der Waals surface area contributed by atoms with E-state index in [1.807, 2.05) is 82.3 Å². The summed E-state index contributed by atoms with van der Waals surface area (Å²) < 4.78 is 0. The number of rotatable bonds is 6. The number of hydrogen-bond acceptors (Lipinski definition) is 2. The van der Waals surface area contributed by atoms with Gasteiger partial charge in [-0.05, 0) is 51.3 Å². The van der Waals surface area contributed by atoms with Crippen molar-refractivity contribution in [3.63, 3.8) is 0 Å². The van der Waals surface area contributed by atoms with Gasteiger partial charge >= 0.3 is 0 Å². The molecule has 2 amide bonds. The first kappa shape index (κ1) is 20.7. The van der Waals surface area contributed by atoms with Gasteiger partial charge < -0.3 is 10.2 Å². The molecule has 0 aliphatic heterocycles. The highest BCUT2D eigenvalue weighted by Gasteiger charge is 2.28. The van der Waals surface area contributed by atoms with E-state index >= 15 is 0 Å². The van der Waals surface area contributed by atoms with Crippen molar-refractivity contribution in [3.05, 3.63) is 71.3 Å². The molecule has 0 aliphatic carbocycles. The summed E-state index contributed by atoms with van der Waals surface area (Å²) in [7, 11) is 0. The van der Waals surface area contributed by atoms with Crippen molar-refractivity contribution in [2.75, 3.05) is 0 Å². The molecule has 0 saturated carbocycles. The molecule has 0 saturated heterocycles. The molecule has 1 N–H and O–H groups in total. The number of carbonyl (C=O) groups excluding carboxylic acids is 2. The Morgan fingerprint density at radius 3 is 2.19 bits per heavy atom. The minimum Gasteiger partial charge on any atom is -0.350 e. The number of aryl methyl sites for hydroxylation is 1. The van der Waals surface area contributed by atoms with Crippen LogP contribution < -0.4 is 5.32 Å². The van der Waals surface area contributed by atoms with E-state index in [1.165, 1.54) is 0 Å². The Kier molecular flexibility index (Phi) is 6.78. The summed E-state index contributed by atoms with van der Waals surface area (Å²) in [4.78, 5) is 27.5. The monoisotopic (exact) mass is 366 g/mol. The van der Waals surface area contributed by atoms with Crippen molar-refractivity contribution in [2.45, 2.75) is 59.2 Å². The molecule has 4 nitrogen and oxygen atoms in total. The van der Waals surface area contributed by atoms with Crippen LogP contribution in [-0.4, -0.2) is 28.3 Å². The van der Waals surface area contributed by atoms with Gasteiger partial charge in [0.1, 0.15) is 6.04 Å². The van der Waals surface area contributed by atoms with Crippen LogP contribution in [0.3, 0.4) is 0 Å². The van der Waals surface area contributed by atoms with Crippen LogP contribution in [0.25, 0.3) is 0 Å². The van der Waals surface area contributed by atoms with Gasteiger partial charge in [0.05, 0.1) is 6.42 Å². The topological polar surface area (TPSA) is 49.4 Å². The molecule has 1 atom stereocenters. The van der Waals surface area contributed by atoms with Gasteiger partial charge in [0, 0.05) is 12.1 Å². The molecule has 2 aromatic rings. The number of nitrogens with zero attached hydrogens (tertiary/aromatic N) is 1. The van der Waals surface area contributed by atoms with E-state index in [-0.39, 0.29) is 23.8 Å². The van der Waals surface area contributed by atoms with Gasteiger partial charge in [0.25, 0.3) is 0 Å². The zero-order valence-corrected chi connectivity index (χ0v) is 17.0. The summed E-state index contributed by atoms with van der Waals surface area (Å²) in [5, 5.41) is 2.99. The smallest absolute Gasteiger partial charge is 0.242 e. The molecule has 0 fully saturated rings. The molecule has 1 unspecified atom stereocenters. The summed E-state index contributed by atoms with van der Waals surface area (Å²) in [5.74, 6) is -0.196. The van der Waals surface area contributed by atoms with Crippen molar-refractivity contribution in [3.8, 4) is 0 Å². The molecule has 4 heteroatoms. The zero-order chi connectivity index (χ0) is 20.0. The van der Waals surface area contributed by atoms with Gasteiger partial charge in [0.15, 0.2) is 0 Å². The number of benzene rings is 2. The fourth-order valence-corrected chi connectivity index (χ4v) is 2.90. The van der Waals surface area contributed by atoms with Crippen LogP contribution in [0, 0.1) is 6.92 Å². The number of hydrogen-bond donors (Lipinski definition) is 1. The molecule has 2 aromatic carbocycles. The fourth-order valence-electron chi connectivity index (χ4n) is 2.90. The van der Waals surface area contributed by atoms with Gasteiger partial charge in [-0.2, -0.15) is 0 Å². The van der Waals surface area contributed by atoms with Crippen molar-refractivity contribution in [2.24, 2.45) is 0 Å². The zero-order valence-electron chi connectivity index (χ0n) is 17.0. The maximum absolute atomic E-state index is 13.1. The van der Waals surface area contributed by atoms with E-state index < -0.39 is 6.04 Å². The lowest BCUT2D eigenvalue weighted by Gasteiger charge is -2.32. The Morgan fingerprint density at radius 1 is 1.00 bits per heavy atom. The standard InChI is InChI=1S/C23H30N2O2/c1-17-11-9-10-14-20(17)16-25(18(2)22(27)24-23(3,4)5)21(26)15-19-12-7-6-8-13-19/h6-14,18H,15-16H2,1-5H3,(H,24,27). The summed E-state index contributed by atoms with van der Waals surface area (Å²) in [5.41, 5.74) is 2.76. The minimum absolute atomic E-state index is 0.0546. The maximum Gasteiger partial charge on any atom is 0.242 e. The Labute approximate surface area is 162 Å². The summed E-state index contributed by atoms with van der Waals surface area (Å²) >= 11 is 0. The Bertz CT molecular complexity index is 778. The predicted molar refractivity (Wildman–Crippen MR) is 109 cm³/mol. The van der Waals surface area contributed by atoms with Crippen LogP contribution in [0.1, 0.15) is 44.4 Å². The summed E-state index contributed by atoms with van der Waals surface area (Å²) in [6, 6.07) is 17.1. The van der Waals surface area contributed by atoms with Crippen LogP contribution >= 0.6 is 0 Å². The predicted octanol–water partition coefficient (Wildman–Crippen LogP) is 3.87. The van der Waals surface area contributed by atoms with E-state index in [1.54, 1.807) is 11.8 Å². The van der Waals surface area contributed by atoms with E-state index in [2.05, 4.69) is 5.32 Å². The van der Waals surface area contributed by atoms with Gasteiger partial charge in [-0.3, -0.25) is 9.59 Å². The SMILES string of the molecule is Cc1ccccc1CN(C(=O)Cc1ccccc1)C(C)C(=O)NC(C)(C)C.